The van der Waals surface area contributed by atoms with Gasteiger partial charge in [0.25, 0.3) is 14.7 Å². The Morgan fingerprint density at radius 3 is 1.50 bits per heavy atom. The summed E-state index contributed by atoms with van der Waals surface area (Å²) in [6, 6.07) is 0. The van der Waals surface area contributed by atoms with Gasteiger partial charge < -0.3 is 18.1 Å². The van der Waals surface area contributed by atoms with E-state index in [-0.39, 0.29) is 24.2 Å². The minimum absolute atomic E-state index is 0.194. The summed E-state index contributed by atoms with van der Waals surface area (Å²) in [6.07, 6.45) is 0. The standard InChI is InChI=1S/C10H21O7P3/c1-7-14-19(5,12)9(3)16-18(11)17-10(4)20(6,13)15-8-2/h18H,3-4,7-8H2,1-2,5-6H3. The Morgan fingerprint density at radius 1 is 0.950 bits per heavy atom. The van der Waals surface area contributed by atoms with Gasteiger partial charge in [0.15, 0.2) is 11.0 Å². The average Bonchev–Trinajstić information content (AvgIpc) is 2.28. The van der Waals surface area contributed by atoms with Crippen LogP contribution in [0.15, 0.2) is 24.2 Å². The summed E-state index contributed by atoms with van der Waals surface area (Å²) in [5, 5.41) is 0. The largest absolute Gasteiger partial charge is 0.419 e. The molecule has 0 amide bonds. The quantitative estimate of drug-likeness (QED) is 0.432. The van der Waals surface area contributed by atoms with Gasteiger partial charge in [-0.25, -0.2) is 4.57 Å². The molecule has 0 aromatic rings. The molecule has 2 atom stereocenters. The van der Waals surface area contributed by atoms with Crippen LogP contribution in [-0.2, 0) is 31.8 Å². The zero-order valence-corrected chi connectivity index (χ0v) is 14.9. The van der Waals surface area contributed by atoms with Crippen LogP contribution < -0.4 is 0 Å². The van der Waals surface area contributed by atoms with Gasteiger partial charge in [0.1, 0.15) is 0 Å². The molecule has 10 heteroatoms. The summed E-state index contributed by atoms with van der Waals surface area (Å²) in [5.74, 6) is 0. The number of rotatable bonds is 10. The maximum absolute atomic E-state index is 11.9. The van der Waals surface area contributed by atoms with Gasteiger partial charge in [0.2, 0.25) is 0 Å². The van der Waals surface area contributed by atoms with Gasteiger partial charge in [-0.1, -0.05) is 13.2 Å². The highest BCUT2D eigenvalue weighted by Crippen LogP contribution is 2.57. The summed E-state index contributed by atoms with van der Waals surface area (Å²) >= 11 is 0. The Labute approximate surface area is 120 Å². The molecular formula is C10H21O7P3. The van der Waals surface area contributed by atoms with Crippen molar-refractivity contribution in [2.75, 3.05) is 26.5 Å². The molecule has 0 heterocycles. The van der Waals surface area contributed by atoms with Crippen molar-refractivity contribution >= 4 is 23.0 Å². The lowest BCUT2D eigenvalue weighted by atomic mass is 10.9. The average molecular weight is 346 g/mol. The molecule has 0 aliphatic heterocycles. The van der Waals surface area contributed by atoms with Gasteiger partial charge in [-0.05, 0) is 13.8 Å². The van der Waals surface area contributed by atoms with E-state index in [1.165, 1.54) is 13.3 Å². The predicted octanol–water partition coefficient (Wildman–Crippen LogP) is 4.24. The second-order valence-corrected chi connectivity index (χ2v) is 9.57. The molecule has 0 rings (SSSR count). The molecule has 0 saturated carbocycles. The van der Waals surface area contributed by atoms with Crippen molar-refractivity contribution in [2.24, 2.45) is 0 Å². The van der Waals surface area contributed by atoms with E-state index in [9.17, 15) is 13.7 Å². The number of hydrogen-bond donors (Lipinski definition) is 0. The number of hydrogen-bond acceptors (Lipinski definition) is 7. The normalized spacial score (nSPS) is 18.4. The summed E-state index contributed by atoms with van der Waals surface area (Å²) in [4.78, 5) is 0. The molecule has 2 unspecified atom stereocenters. The van der Waals surface area contributed by atoms with Crippen molar-refractivity contribution in [3.8, 4) is 0 Å². The molecule has 0 aromatic heterocycles. The molecule has 0 N–H and O–H groups in total. The van der Waals surface area contributed by atoms with Gasteiger partial charge >= 0.3 is 8.25 Å². The second kappa shape index (κ2) is 8.21. The van der Waals surface area contributed by atoms with Crippen LogP contribution in [0, 0.1) is 0 Å². The van der Waals surface area contributed by atoms with E-state index in [1.807, 2.05) is 0 Å². The van der Waals surface area contributed by atoms with Crippen LogP contribution in [0.5, 0.6) is 0 Å². The van der Waals surface area contributed by atoms with Gasteiger partial charge in [-0.2, -0.15) is 0 Å². The lowest BCUT2D eigenvalue weighted by molar-refractivity contribution is 0.295. The topological polar surface area (TPSA) is 88.1 Å². The summed E-state index contributed by atoms with van der Waals surface area (Å²) in [7, 11) is -9.61. The second-order valence-electron chi connectivity index (χ2n) is 3.77. The van der Waals surface area contributed by atoms with Crippen molar-refractivity contribution in [1.29, 1.82) is 0 Å². The molecule has 0 bridgehead atoms. The van der Waals surface area contributed by atoms with Crippen LogP contribution in [0.3, 0.4) is 0 Å². The third-order valence-corrected chi connectivity index (χ3v) is 6.73. The zero-order chi connectivity index (χ0) is 16.0. The van der Waals surface area contributed by atoms with E-state index in [1.54, 1.807) is 13.8 Å². The summed E-state index contributed by atoms with van der Waals surface area (Å²) in [5.41, 5.74) is -0.559. The molecule has 0 aliphatic carbocycles. The van der Waals surface area contributed by atoms with Crippen LogP contribution >= 0.6 is 23.0 Å². The molecule has 0 radical (unpaired) electrons. The molecular weight excluding hydrogens is 325 g/mol. The molecule has 20 heavy (non-hydrogen) atoms. The molecule has 0 fully saturated rings. The van der Waals surface area contributed by atoms with Gasteiger partial charge in [-0.3, -0.25) is 9.13 Å². The highest BCUT2D eigenvalue weighted by Gasteiger charge is 2.27. The van der Waals surface area contributed by atoms with E-state index in [4.69, 9.17) is 18.1 Å². The third kappa shape index (κ3) is 6.43. The molecule has 0 aromatic carbocycles. The van der Waals surface area contributed by atoms with Crippen molar-refractivity contribution < 1.29 is 31.8 Å². The highest BCUT2D eigenvalue weighted by molar-refractivity contribution is 7.63. The van der Waals surface area contributed by atoms with E-state index < -0.39 is 23.0 Å². The van der Waals surface area contributed by atoms with E-state index in [2.05, 4.69) is 13.2 Å². The Kier molecular flexibility index (Phi) is 8.08. The maximum atomic E-state index is 11.9. The van der Waals surface area contributed by atoms with Crippen LogP contribution in [0.4, 0.5) is 0 Å². The fourth-order valence-electron chi connectivity index (χ4n) is 1.02. The molecule has 7 nitrogen and oxygen atoms in total. The Balaban J connectivity index is 4.59. The lowest BCUT2D eigenvalue weighted by Crippen LogP contribution is -1.95. The van der Waals surface area contributed by atoms with E-state index in [0.29, 0.717) is 0 Å². The zero-order valence-electron chi connectivity index (χ0n) is 12.1. The van der Waals surface area contributed by atoms with Crippen LogP contribution in [-0.4, -0.2) is 26.5 Å². The monoisotopic (exact) mass is 346 g/mol. The Morgan fingerprint density at radius 2 is 1.25 bits per heavy atom. The Hall–Kier alpha value is -0.310. The first kappa shape index (κ1) is 19.7. The third-order valence-electron chi connectivity index (χ3n) is 2.06. The van der Waals surface area contributed by atoms with Crippen molar-refractivity contribution in [3.63, 3.8) is 0 Å². The predicted molar refractivity (Wildman–Crippen MR) is 79.8 cm³/mol. The van der Waals surface area contributed by atoms with Crippen LogP contribution in [0.2, 0.25) is 0 Å². The van der Waals surface area contributed by atoms with Crippen molar-refractivity contribution in [2.45, 2.75) is 13.8 Å². The van der Waals surface area contributed by atoms with Crippen LogP contribution in [0.25, 0.3) is 0 Å². The Bertz CT molecular complexity index is 443. The van der Waals surface area contributed by atoms with Crippen LogP contribution in [0.1, 0.15) is 13.8 Å². The first-order chi connectivity index (χ1) is 9.06. The van der Waals surface area contributed by atoms with Crippen molar-refractivity contribution in [3.05, 3.63) is 24.2 Å². The first-order valence-electron chi connectivity index (χ1n) is 5.79. The molecule has 0 aliphatic rings. The minimum atomic E-state index is -3.24. The lowest BCUT2D eigenvalue weighted by Gasteiger charge is -2.18. The minimum Gasteiger partial charge on any atom is -0.412 e. The molecule has 118 valence electrons. The van der Waals surface area contributed by atoms with Gasteiger partial charge in [0, 0.05) is 13.3 Å². The fraction of sp³-hybridized carbons (Fsp3) is 0.600. The SMILES string of the molecule is C=C(O[PH](=O)OC(=C)P(C)(=O)OCC)P(C)(=O)OCC. The highest BCUT2D eigenvalue weighted by atomic mass is 31.2. The maximum Gasteiger partial charge on any atom is 0.419 e. The van der Waals surface area contributed by atoms with E-state index in [0.717, 1.165) is 0 Å². The smallest absolute Gasteiger partial charge is 0.412 e. The van der Waals surface area contributed by atoms with E-state index >= 15 is 0 Å². The van der Waals surface area contributed by atoms with Crippen molar-refractivity contribution in [1.82, 2.24) is 0 Å². The summed E-state index contributed by atoms with van der Waals surface area (Å²) in [6.45, 7) is 13.1. The molecule has 0 saturated heterocycles. The molecule has 0 spiro atoms. The summed E-state index contributed by atoms with van der Waals surface area (Å²) < 4.78 is 55.0. The van der Waals surface area contributed by atoms with Gasteiger partial charge in [-0.15, -0.1) is 0 Å². The fourth-order valence-corrected chi connectivity index (χ4v) is 4.49. The first-order valence-corrected chi connectivity index (χ1v) is 11.2. The van der Waals surface area contributed by atoms with Gasteiger partial charge in [0.05, 0.1) is 13.2 Å².